The third-order valence-electron chi connectivity index (χ3n) is 2.93. The van der Waals surface area contributed by atoms with E-state index in [2.05, 4.69) is 0 Å². The first-order valence-electron chi connectivity index (χ1n) is 6.56. The molecule has 1 rings (SSSR count). The van der Waals surface area contributed by atoms with Gasteiger partial charge >= 0.3 is 0 Å². The predicted molar refractivity (Wildman–Crippen MR) is 82.2 cm³/mol. The van der Waals surface area contributed by atoms with Crippen molar-refractivity contribution in [3.8, 4) is 5.75 Å². The number of nitrogens with two attached hydrogens (primary N) is 1. The van der Waals surface area contributed by atoms with E-state index in [4.69, 9.17) is 9.88 Å². The van der Waals surface area contributed by atoms with Crippen molar-refractivity contribution < 1.29 is 13.3 Å². The van der Waals surface area contributed by atoms with Crippen molar-refractivity contribution in [2.45, 2.75) is 38.9 Å². The summed E-state index contributed by atoms with van der Waals surface area (Å²) >= 11 is 0. The Kier molecular flexibility index (Phi) is 5.89. The van der Waals surface area contributed by atoms with E-state index in [1.165, 1.54) is 6.07 Å². The Morgan fingerprint density at radius 3 is 2.70 bits per heavy atom. The lowest BCUT2D eigenvalue weighted by Crippen LogP contribution is -2.29. The highest BCUT2D eigenvalue weighted by Crippen LogP contribution is 2.26. The molecule has 0 bridgehead atoms. The first kappa shape index (κ1) is 16.9. The van der Waals surface area contributed by atoms with Gasteiger partial charge in [0.25, 0.3) is 0 Å². The smallest absolute Gasteiger partial charge is 0.165 e. The molecule has 0 radical (unpaired) electrons. The summed E-state index contributed by atoms with van der Waals surface area (Å²) in [7, 11) is -1.47. The summed E-state index contributed by atoms with van der Waals surface area (Å²) in [5.41, 5.74) is 1.71. The van der Waals surface area contributed by atoms with Gasteiger partial charge < -0.3 is 4.74 Å². The molecule has 0 spiro atoms. The minimum absolute atomic E-state index is 0.240. The second kappa shape index (κ2) is 6.99. The van der Waals surface area contributed by atoms with Gasteiger partial charge in [-0.25, -0.2) is 8.60 Å². The van der Waals surface area contributed by atoms with Gasteiger partial charge in [-0.15, -0.1) is 0 Å². The second-order valence-electron chi connectivity index (χ2n) is 5.22. The summed E-state index contributed by atoms with van der Waals surface area (Å²) in [6, 6.07) is 4.71. The second-order valence-corrected chi connectivity index (χ2v) is 6.87. The van der Waals surface area contributed by atoms with Crippen LogP contribution in [-0.2, 0) is 11.0 Å². The number of hydrogen-bond donors (Lipinski definition) is 1. The molecule has 0 heterocycles. The summed E-state index contributed by atoms with van der Waals surface area (Å²) in [6.07, 6.45) is 2.65. The van der Waals surface area contributed by atoms with Gasteiger partial charge in [-0.3, -0.25) is 5.14 Å². The Hall–Kier alpha value is -1.20. The fraction of sp³-hybridized carbons (Fsp3) is 0.467. The van der Waals surface area contributed by atoms with E-state index in [0.717, 1.165) is 17.6 Å². The highest BCUT2D eigenvalue weighted by Gasteiger charge is 2.21. The molecule has 20 heavy (non-hydrogen) atoms. The normalized spacial score (nSPS) is 14.2. The quantitative estimate of drug-likeness (QED) is 0.875. The van der Waals surface area contributed by atoms with Crippen molar-refractivity contribution in [3.63, 3.8) is 0 Å². The van der Waals surface area contributed by atoms with Crippen molar-refractivity contribution in [2.24, 2.45) is 5.14 Å². The first-order valence-corrected chi connectivity index (χ1v) is 7.77. The van der Waals surface area contributed by atoms with Crippen LogP contribution in [0.4, 0.5) is 4.39 Å². The van der Waals surface area contributed by atoms with E-state index in [1.807, 2.05) is 19.9 Å². The molecule has 1 aromatic rings. The molecule has 0 amide bonds. The third-order valence-corrected chi connectivity index (χ3v) is 4.09. The standard InChI is InChI=1S/C15H22FNO2S/c1-5-8-19-14-9-12(6-7-13(14)16)11(2)10-15(3,4)20(17)18/h6-7,9-10H,5,8,17H2,1-4H3. The fourth-order valence-electron chi connectivity index (χ4n) is 1.73. The van der Waals surface area contributed by atoms with Gasteiger partial charge in [-0.05, 0) is 50.5 Å². The Balaban J connectivity index is 3.08. The summed E-state index contributed by atoms with van der Waals surface area (Å²) in [5.74, 6) is -0.138. The minimum Gasteiger partial charge on any atom is -0.491 e. The lowest BCUT2D eigenvalue weighted by molar-refractivity contribution is 0.301. The van der Waals surface area contributed by atoms with Gasteiger partial charge in [-0.2, -0.15) is 0 Å². The molecule has 0 aliphatic rings. The zero-order chi connectivity index (χ0) is 15.3. The fourth-order valence-corrected chi connectivity index (χ4v) is 2.03. The van der Waals surface area contributed by atoms with Crippen LogP contribution in [0, 0.1) is 5.82 Å². The van der Waals surface area contributed by atoms with Gasteiger partial charge in [0.15, 0.2) is 11.6 Å². The molecule has 1 atom stereocenters. The average Bonchev–Trinajstić information content (AvgIpc) is 2.37. The molecule has 3 nitrogen and oxygen atoms in total. The molecule has 0 aliphatic carbocycles. The molecule has 112 valence electrons. The van der Waals surface area contributed by atoms with Crippen molar-refractivity contribution in [1.29, 1.82) is 0 Å². The van der Waals surface area contributed by atoms with Crippen molar-refractivity contribution in [3.05, 3.63) is 35.7 Å². The van der Waals surface area contributed by atoms with Crippen molar-refractivity contribution in [2.75, 3.05) is 6.61 Å². The largest absolute Gasteiger partial charge is 0.491 e. The average molecular weight is 299 g/mol. The lowest BCUT2D eigenvalue weighted by Gasteiger charge is -2.18. The van der Waals surface area contributed by atoms with Gasteiger partial charge in [0, 0.05) is 0 Å². The maximum Gasteiger partial charge on any atom is 0.165 e. The third kappa shape index (κ3) is 4.42. The molecule has 5 heteroatoms. The Morgan fingerprint density at radius 1 is 1.50 bits per heavy atom. The predicted octanol–water partition coefficient (Wildman–Crippen LogP) is 3.42. The molecule has 2 N–H and O–H groups in total. The van der Waals surface area contributed by atoms with Crippen LogP contribution < -0.4 is 9.88 Å². The number of halogens is 1. The summed E-state index contributed by atoms with van der Waals surface area (Å²) in [5, 5.41) is 5.46. The van der Waals surface area contributed by atoms with Crippen LogP contribution in [-0.4, -0.2) is 15.6 Å². The first-order chi connectivity index (χ1) is 9.27. The Bertz CT molecular complexity index is 527. The van der Waals surface area contributed by atoms with Crippen molar-refractivity contribution >= 4 is 16.6 Å². The molecular formula is C15H22FNO2S. The molecule has 1 aromatic carbocycles. The molecular weight excluding hydrogens is 277 g/mol. The molecule has 0 aliphatic heterocycles. The highest BCUT2D eigenvalue weighted by atomic mass is 32.2. The summed E-state index contributed by atoms with van der Waals surface area (Å²) < 4.78 is 29.8. The minimum atomic E-state index is -1.47. The molecule has 0 aromatic heterocycles. The number of hydrogen-bond acceptors (Lipinski definition) is 2. The van der Waals surface area contributed by atoms with E-state index >= 15 is 0 Å². The van der Waals surface area contributed by atoms with E-state index in [1.54, 1.807) is 26.0 Å². The van der Waals surface area contributed by atoms with E-state index in [0.29, 0.717) is 6.61 Å². The monoisotopic (exact) mass is 299 g/mol. The van der Waals surface area contributed by atoms with Crippen LogP contribution in [0.5, 0.6) is 5.75 Å². The topological polar surface area (TPSA) is 52.3 Å². The van der Waals surface area contributed by atoms with Crippen LogP contribution in [0.25, 0.3) is 5.57 Å². The lowest BCUT2D eigenvalue weighted by atomic mass is 10.0. The van der Waals surface area contributed by atoms with Crippen LogP contribution in [0.3, 0.4) is 0 Å². The van der Waals surface area contributed by atoms with Crippen LogP contribution >= 0.6 is 0 Å². The van der Waals surface area contributed by atoms with Crippen LogP contribution in [0.1, 0.15) is 39.7 Å². The van der Waals surface area contributed by atoms with Gasteiger partial charge in [0.2, 0.25) is 0 Å². The van der Waals surface area contributed by atoms with E-state index in [-0.39, 0.29) is 11.6 Å². The zero-order valence-corrected chi connectivity index (χ0v) is 13.2. The molecule has 0 saturated heterocycles. The van der Waals surface area contributed by atoms with E-state index < -0.39 is 15.7 Å². The maximum absolute atomic E-state index is 13.6. The Labute approximate surface area is 122 Å². The maximum atomic E-state index is 13.6. The highest BCUT2D eigenvalue weighted by molar-refractivity contribution is 7.84. The number of benzene rings is 1. The number of rotatable bonds is 6. The molecule has 0 fully saturated rings. The van der Waals surface area contributed by atoms with Gasteiger partial charge in [0.05, 0.1) is 22.3 Å². The van der Waals surface area contributed by atoms with Crippen LogP contribution in [0.2, 0.25) is 0 Å². The summed E-state index contributed by atoms with van der Waals surface area (Å²) in [6.45, 7) is 7.91. The molecule has 0 saturated carbocycles. The number of allylic oxidation sites excluding steroid dienone is 1. The summed E-state index contributed by atoms with van der Waals surface area (Å²) in [4.78, 5) is 0. The number of ether oxygens (including phenoxy) is 1. The zero-order valence-electron chi connectivity index (χ0n) is 12.4. The van der Waals surface area contributed by atoms with Gasteiger partial charge in [-0.1, -0.05) is 19.1 Å². The van der Waals surface area contributed by atoms with Crippen molar-refractivity contribution in [1.82, 2.24) is 0 Å². The molecule has 1 unspecified atom stereocenters. The van der Waals surface area contributed by atoms with Crippen LogP contribution in [0.15, 0.2) is 24.3 Å². The van der Waals surface area contributed by atoms with Gasteiger partial charge in [0.1, 0.15) is 0 Å². The van der Waals surface area contributed by atoms with E-state index in [9.17, 15) is 8.60 Å². The SMILES string of the molecule is CCCOc1cc(C(C)=CC(C)(C)S(N)=O)ccc1F. The Morgan fingerprint density at radius 2 is 2.15 bits per heavy atom.